The largest absolute Gasteiger partial charge is 0.378 e. The molecule has 0 saturated carbocycles. The third-order valence-electron chi connectivity index (χ3n) is 4.63. The van der Waals surface area contributed by atoms with Gasteiger partial charge in [0.15, 0.2) is 0 Å². The van der Waals surface area contributed by atoms with Crippen molar-refractivity contribution in [3.63, 3.8) is 0 Å². The number of hydrogen-bond donors (Lipinski definition) is 2. The number of anilines is 1. The van der Waals surface area contributed by atoms with Crippen LogP contribution in [0.2, 0.25) is 0 Å². The van der Waals surface area contributed by atoms with E-state index in [-0.39, 0.29) is 11.8 Å². The van der Waals surface area contributed by atoms with Crippen molar-refractivity contribution in [1.29, 1.82) is 0 Å². The minimum atomic E-state index is -0.357. The second kappa shape index (κ2) is 8.31. The van der Waals surface area contributed by atoms with Gasteiger partial charge in [0.25, 0.3) is 11.8 Å². The van der Waals surface area contributed by atoms with E-state index in [2.05, 4.69) is 21.5 Å². The van der Waals surface area contributed by atoms with Crippen LogP contribution < -0.4 is 15.8 Å². The van der Waals surface area contributed by atoms with Gasteiger partial charge in [0, 0.05) is 41.6 Å². The van der Waals surface area contributed by atoms with E-state index in [0.717, 1.165) is 23.6 Å². The molecule has 28 heavy (non-hydrogen) atoms. The summed E-state index contributed by atoms with van der Waals surface area (Å²) in [5, 5.41) is 2.04. The van der Waals surface area contributed by atoms with Crippen molar-refractivity contribution >= 4 is 28.8 Å². The molecule has 2 N–H and O–H groups in total. The Kier molecular flexibility index (Phi) is 5.84. The number of thiophene rings is 1. The number of rotatable bonds is 5. The van der Waals surface area contributed by atoms with Gasteiger partial charge in [-0.3, -0.25) is 20.4 Å². The Morgan fingerprint density at radius 3 is 2.46 bits per heavy atom. The molecule has 0 spiro atoms. The van der Waals surface area contributed by atoms with Crippen LogP contribution in [0.5, 0.6) is 0 Å². The number of benzene rings is 1. The molecule has 0 bridgehead atoms. The number of amides is 2. The highest BCUT2D eigenvalue weighted by molar-refractivity contribution is 7.09. The van der Waals surface area contributed by atoms with E-state index >= 15 is 0 Å². The first-order chi connectivity index (χ1) is 13.4. The van der Waals surface area contributed by atoms with Crippen LogP contribution in [0.15, 0.2) is 47.8 Å². The second-order valence-corrected chi connectivity index (χ2v) is 7.84. The molecular formula is C21H24N4O2S. The molecule has 0 unspecified atom stereocenters. The Balaban J connectivity index is 1.68. The van der Waals surface area contributed by atoms with Gasteiger partial charge in [-0.2, -0.15) is 0 Å². The summed E-state index contributed by atoms with van der Waals surface area (Å²) in [6.07, 6.45) is 0. The van der Waals surface area contributed by atoms with Gasteiger partial charge < -0.3 is 9.47 Å². The maximum absolute atomic E-state index is 12.6. The highest BCUT2D eigenvalue weighted by Gasteiger charge is 2.17. The number of carbonyl (C=O) groups excluding carboxylic acids is 2. The number of aryl methyl sites for hydroxylation is 1. The monoisotopic (exact) mass is 396 g/mol. The molecule has 7 heteroatoms. The maximum Gasteiger partial charge on any atom is 0.271 e. The Morgan fingerprint density at radius 1 is 1.04 bits per heavy atom. The van der Waals surface area contributed by atoms with E-state index in [4.69, 9.17) is 0 Å². The standard InChI is InChI=1S/C21H24N4O2S/c1-14-11-19(15(2)25(14)13-18-9-6-10-28-18)21(27)23-22-20(26)16-7-5-8-17(12-16)24(3)4/h5-12H,13H2,1-4H3,(H,22,26)(H,23,27). The first kappa shape index (κ1) is 19.7. The third kappa shape index (κ3) is 4.26. The van der Waals surface area contributed by atoms with E-state index in [0.29, 0.717) is 11.1 Å². The minimum absolute atomic E-state index is 0.331. The Bertz CT molecular complexity index is 990. The molecule has 0 atom stereocenters. The van der Waals surface area contributed by atoms with Crippen molar-refractivity contribution < 1.29 is 9.59 Å². The van der Waals surface area contributed by atoms with Crippen LogP contribution in [0.25, 0.3) is 0 Å². The minimum Gasteiger partial charge on any atom is -0.378 e. The molecule has 0 aliphatic rings. The maximum atomic E-state index is 12.6. The molecular weight excluding hydrogens is 372 g/mol. The molecule has 0 aliphatic heterocycles. The Labute approximate surface area is 168 Å². The van der Waals surface area contributed by atoms with Crippen molar-refractivity contribution in [2.24, 2.45) is 0 Å². The summed E-state index contributed by atoms with van der Waals surface area (Å²) in [6.45, 7) is 4.62. The quantitative estimate of drug-likeness (QED) is 0.650. The van der Waals surface area contributed by atoms with Gasteiger partial charge in [0.2, 0.25) is 0 Å². The lowest BCUT2D eigenvalue weighted by molar-refractivity contribution is 0.0846. The van der Waals surface area contributed by atoms with E-state index in [1.54, 1.807) is 23.5 Å². The molecule has 0 fully saturated rings. The first-order valence-corrected chi connectivity index (χ1v) is 9.82. The van der Waals surface area contributed by atoms with Crippen molar-refractivity contribution in [2.45, 2.75) is 20.4 Å². The summed E-state index contributed by atoms with van der Waals surface area (Å²) in [5.74, 6) is -0.688. The smallest absolute Gasteiger partial charge is 0.271 e. The topological polar surface area (TPSA) is 66.4 Å². The molecule has 3 aromatic rings. The highest BCUT2D eigenvalue weighted by atomic mass is 32.1. The van der Waals surface area contributed by atoms with Gasteiger partial charge in [0.1, 0.15) is 0 Å². The number of carbonyl (C=O) groups is 2. The van der Waals surface area contributed by atoms with Crippen molar-refractivity contribution in [2.75, 3.05) is 19.0 Å². The van der Waals surface area contributed by atoms with E-state index in [1.165, 1.54) is 4.88 Å². The Hall–Kier alpha value is -3.06. The van der Waals surface area contributed by atoms with Gasteiger partial charge in [0.05, 0.1) is 12.1 Å². The van der Waals surface area contributed by atoms with Crippen molar-refractivity contribution in [3.05, 3.63) is 75.2 Å². The molecule has 6 nitrogen and oxygen atoms in total. The van der Waals surface area contributed by atoms with Gasteiger partial charge >= 0.3 is 0 Å². The zero-order valence-electron chi connectivity index (χ0n) is 16.4. The summed E-state index contributed by atoms with van der Waals surface area (Å²) in [6, 6.07) is 13.1. The highest BCUT2D eigenvalue weighted by Crippen LogP contribution is 2.19. The molecule has 0 saturated heterocycles. The van der Waals surface area contributed by atoms with E-state index < -0.39 is 0 Å². The lowest BCUT2D eigenvalue weighted by Gasteiger charge is -2.14. The summed E-state index contributed by atoms with van der Waals surface area (Å²) < 4.78 is 2.10. The number of aromatic nitrogens is 1. The molecule has 2 aromatic heterocycles. The summed E-state index contributed by atoms with van der Waals surface area (Å²) in [4.78, 5) is 28.1. The molecule has 2 heterocycles. The Morgan fingerprint density at radius 2 is 1.79 bits per heavy atom. The fourth-order valence-corrected chi connectivity index (χ4v) is 3.70. The average molecular weight is 397 g/mol. The van der Waals surface area contributed by atoms with Crippen LogP contribution in [0.3, 0.4) is 0 Å². The molecule has 1 aromatic carbocycles. The SMILES string of the molecule is Cc1cc(C(=O)NNC(=O)c2cccc(N(C)C)c2)c(C)n1Cc1cccs1. The normalized spacial score (nSPS) is 10.6. The predicted octanol–water partition coefficient (Wildman–Crippen LogP) is 3.36. The lowest BCUT2D eigenvalue weighted by Crippen LogP contribution is -2.41. The summed E-state index contributed by atoms with van der Waals surface area (Å²) in [7, 11) is 3.81. The van der Waals surface area contributed by atoms with Crippen LogP contribution in [0.4, 0.5) is 5.69 Å². The van der Waals surface area contributed by atoms with Crippen molar-refractivity contribution in [3.8, 4) is 0 Å². The van der Waals surface area contributed by atoms with E-state index in [9.17, 15) is 9.59 Å². The zero-order valence-corrected chi connectivity index (χ0v) is 17.3. The van der Waals surface area contributed by atoms with Crippen LogP contribution in [0.1, 0.15) is 37.0 Å². The average Bonchev–Trinajstić information content (AvgIpc) is 3.29. The molecule has 0 radical (unpaired) electrons. The number of nitrogens with one attached hydrogen (secondary N) is 2. The number of hydrogen-bond acceptors (Lipinski definition) is 4. The van der Waals surface area contributed by atoms with Crippen LogP contribution in [0, 0.1) is 13.8 Å². The third-order valence-corrected chi connectivity index (χ3v) is 5.49. The molecule has 2 amide bonds. The summed E-state index contributed by atoms with van der Waals surface area (Å²) in [5.41, 5.74) is 8.84. The van der Waals surface area contributed by atoms with Crippen LogP contribution >= 0.6 is 11.3 Å². The predicted molar refractivity (Wildman–Crippen MR) is 113 cm³/mol. The number of hydrazine groups is 1. The zero-order chi connectivity index (χ0) is 20.3. The van der Waals surface area contributed by atoms with Crippen LogP contribution in [-0.2, 0) is 6.54 Å². The van der Waals surface area contributed by atoms with Crippen LogP contribution in [-0.4, -0.2) is 30.5 Å². The van der Waals surface area contributed by atoms with Crippen molar-refractivity contribution in [1.82, 2.24) is 15.4 Å². The second-order valence-electron chi connectivity index (χ2n) is 6.80. The lowest BCUT2D eigenvalue weighted by atomic mass is 10.2. The summed E-state index contributed by atoms with van der Waals surface area (Å²) >= 11 is 1.69. The van der Waals surface area contributed by atoms with Gasteiger partial charge in [-0.25, -0.2) is 0 Å². The van der Waals surface area contributed by atoms with Gasteiger partial charge in [-0.05, 0) is 49.6 Å². The number of nitrogens with zero attached hydrogens (tertiary/aromatic N) is 2. The van der Waals surface area contributed by atoms with E-state index in [1.807, 2.05) is 62.5 Å². The van der Waals surface area contributed by atoms with Gasteiger partial charge in [-0.15, -0.1) is 11.3 Å². The van der Waals surface area contributed by atoms with Gasteiger partial charge in [-0.1, -0.05) is 12.1 Å². The molecule has 3 rings (SSSR count). The fourth-order valence-electron chi connectivity index (χ4n) is 3.01. The fraction of sp³-hybridized carbons (Fsp3) is 0.238. The first-order valence-electron chi connectivity index (χ1n) is 8.94. The molecule has 0 aliphatic carbocycles. The molecule has 146 valence electrons.